The first-order valence-electron chi connectivity index (χ1n) is 9.25. The van der Waals surface area contributed by atoms with Crippen molar-refractivity contribution in [3.05, 3.63) is 29.3 Å². The average molecular weight is 418 g/mol. The molecule has 2 heterocycles. The minimum absolute atomic E-state index is 0. The summed E-state index contributed by atoms with van der Waals surface area (Å²) in [4.78, 5) is 14.9. The first-order chi connectivity index (χ1) is 12.5. The molecular formula is C18H28ClN3O4S. The van der Waals surface area contributed by atoms with Crippen molar-refractivity contribution in [1.29, 1.82) is 0 Å². The Labute approximate surface area is 167 Å². The molecule has 0 spiro atoms. The molecule has 2 aliphatic rings. The maximum atomic E-state index is 13.1. The van der Waals surface area contributed by atoms with Gasteiger partial charge in [-0.1, -0.05) is 13.0 Å². The van der Waals surface area contributed by atoms with Crippen LogP contribution >= 0.6 is 12.4 Å². The summed E-state index contributed by atoms with van der Waals surface area (Å²) in [5.41, 5.74) is 1.18. The standard InChI is InChI=1S/C18H27N3O4S.ClH/c1-2-15-4-5-16(18(22)20-8-3-6-19-7-9-20)14-17(15)26(23,24)21-10-12-25-13-11-21;/h4-5,14,19H,2-3,6-13H2,1H3;1H. The van der Waals surface area contributed by atoms with Crippen LogP contribution in [0.3, 0.4) is 0 Å². The normalized spacial score (nSPS) is 19.2. The Hall–Kier alpha value is -1.19. The van der Waals surface area contributed by atoms with E-state index in [9.17, 15) is 13.2 Å². The number of hydrogen-bond acceptors (Lipinski definition) is 5. The zero-order chi connectivity index (χ0) is 18.6. The van der Waals surface area contributed by atoms with Crippen molar-refractivity contribution in [3.8, 4) is 0 Å². The molecule has 3 rings (SSSR count). The topological polar surface area (TPSA) is 79.0 Å². The highest BCUT2D eigenvalue weighted by atomic mass is 35.5. The Kier molecular flexibility index (Phi) is 8.05. The molecule has 1 N–H and O–H groups in total. The summed E-state index contributed by atoms with van der Waals surface area (Å²) in [5.74, 6) is -0.102. The van der Waals surface area contributed by atoms with Crippen LogP contribution in [-0.2, 0) is 21.2 Å². The molecule has 2 saturated heterocycles. The fraction of sp³-hybridized carbons (Fsp3) is 0.611. The van der Waals surface area contributed by atoms with E-state index < -0.39 is 10.0 Å². The van der Waals surface area contributed by atoms with Crippen molar-refractivity contribution in [2.45, 2.75) is 24.7 Å². The van der Waals surface area contributed by atoms with Crippen LogP contribution in [0.4, 0.5) is 0 Å². The molecule has 0 bridgehead atoms. The number of sulfonamides is 1. The summed E-state index contributed by atoms with van der Waals surface area (Å²) in [5, 5.41) is 3.27. The summed E-state index contributed by atoms with van der Waals surface area (Å²) in [6.45, 7) is 6.42. The second-order valence-electron chi connectivity index (χ2n) is 6.59. The van der Waals surface area contributed by atoms with Gasteiger partial charge in [0, 0.05) is 38.3 Å². The highest BCUT2D eigenvalue weighted by Crippen LogP contribution is 2.24. The molecule has 152 valence electrons. The molecule has 0 unspecified atom stereocenters. The molecule has 1 aromatic carbocycles. The van der Waals surface area contributed by atoms with Crippen molar-refractivity contribution in [1.82, 2.24) is 14.5 Å². The van der Waals surface area contributed by atoms with E-state index in [2.05, 4.69) is 5.32 Å². The number of nitrogens with zero attached hydrogens (tertiary/aromatic N) is 2. The van der Waals surface area contributed by atoms with Gasteiger partial charge in [0.15, 0.2) is 0 Å². The number of aryl methyl sites for hydroxylation is 1. The van der Waals surface area contributed by atoms with Gasteiger partial charge < -0.3 is 15.0 Å². The van der Waals surface area contributed by atoms with Gasteiger partial charge in [-0.25, -0.2) is 8.42 Å². The first-order valence-corrected chi connectivity index (χ1v) is 10.7. The molecule has 0 aliphatic carbocycles. The zero-order valence-corrected chi connectivity index (χ0v) is 17.3. The third-order valence-corrected chi connectivity index (χ3v) is 6.89. The number of rotatable bonds is 4. The molecule has 2 aliphatic heterocycles. The summed E-state index contributed by atoms with van der Waals surface area (Å²) in [6, 6.07) is 5.08. The zero-order valence-electron chi connectivity index (χ0n) is 15.6. The Balaban J connectivity index is 0.00000261. The van der Waals surface area contributed by atoms with Gasteiger partial charge in [0.05, 0.1) is 18.1 Å². The van der Waals surface area contributed by atoms with E-state index in [1.807, 2.05) is 6.92 Å². The van der Waals surface area contributed by atoms with Crippen LogP contribution in [0.25, 0.3) is 0 Å². The van der Waals surface area contributed by atoms with Gasteiger partial charge in [-0.3, -0.25) is 4.79 Å². The van der Waals surface area contributed by atoms with Gasteiger partial charge in [-0.2, -0.15) is 4.31 Å². The molecule has 7 nitrogen and oxygen atoms in total. The summed E-state index contributed by atoms with van der Waals surface area (Å²) in [6.07, 6.45) is 1.50. The van der Waals surface area contributed by atoms with Crippen LogP contribution in [-0.4, -0.2) is 76.0 Å². The maximum absolute atomic E-state index is 13.1. The largest absolute Gasteiger partial charge is 0.379 e. The van der Waals surface area contributed by atoms with Crippen molar-refractivity contribution in [3.63, 3.8) is 0 Å². The highest BCUT2D eigenvalue weighted by molar-refractivity contribution is 7.89. The number of halogens is 1. The Morgan fingerprint density at radius 3 is 2.59 bits per heavy atom. The molecule has 27 heavy (non-hydrogen) atoms. The van der Waals surface area contributed by atoms with Crippen LogP contribution in [0.5, 0.6) is 0 Å². The van der Waals surface area contributed by atoms with E-state index in [1.54, 1.807) is 23.1 Å². The number of benzene rings is 1. The second kappa shape index (κ2) is 9.84. The molecule has 1 amide bonds. The minimum atomic E-state index is -3.63. The number of carbonyl (C=O) groups excluding carboxylic acids is 1. The van der Waals surface area contributed by atoms with Crippen LogP contribution in [0, 0.1) is 0 Å². The van der Waals surface area contributed by atoms with Crippen LogP contribution in [0.2, 0.25) is 0 Å². The monoisotopic (exact) mass is 417 g/mol. The maximum Gasteiger partial charge on any atom is 0.253 e. The second-order valence-corrected chi connectivity index (χ2v) is 8.49. The third kappa shape index (κ3) is 5.00. The molecule has 0 saturated carbocycles. The number of amides is 1. The van der Waals surface area contributed by atoms with Crippen LogP contribution in [0.15, 0.2) is 23.1 Å². The van der Waals surface area contributed by atoms with Gasteiger partial charge in [0.1, 0.15) is 0 Å². The van der Waals surface area contributed by atoms with Gasteiger partial charge in [0.2, 0.25) is 10.0 Å². The molecular weight excluding hydrogens is 390 g/mol. The third-order valence-electron chi connectivity index (χ3n) is 4.91. The molecule has 0 radical (unpaired) electrons. The number of hydrogen-bond donors (Lipinski definition) is 1. The minimum Gasteiger partial charge on any atom is -0.379 e. The number of ether oxygens (including phenoxy) is 1. The molecule has 2 fully saturated rings. The summed E-state index contributed by atoms with van der Waals surface area (Å²) < 4.78 is 32.9. The van der Waals surface area contributed by atoms with Crippen molar-refractivity contribution in [2.75, 3.05) is 52.5 Å². The Morgan fingerprint density at radius 2 is 1.89 bits per heavy atom. The molecule has 0 atom stereocenters. The molecule has 0 aromatic heterocycles. The lowest BCUT2D eigenvalue weighted by molar-refractivity contribution is 0.0729. The average Bonchev–Trinajstić information content (AvgIpc) is 2.97. The Morgan fingerprint density at radius 1 is 1.15 bits per heavy atom. The fourth-order valence-corrected chi connectivity index (χ4v) is 5.10. The van der Waals surface area contributed by atoms with Crippen LogP contribution < -0.4 is 5.32 Å². The van der Waals surface area contributed by atoms with E-state index in [0.29, 0.717) is 51.4 Å². The van der Waals surface area contributed by atoms with E-state index >= 15 is 0 Å². The van der Waals surface area contributed by atoms with Crippen molar-refractivity contribution >= 4 is 28.3 Å². The van der Waals surface area contributed by atoms with E-state index in [1.165, 1.54) is 4.31 Å². The lowest BCUT2D eigenvalue weighted by atomic mass is 10.1. The van der Waals surface area contributed by atoms with Gasteiger partial charge >= 0.3 is 0 Å². The van der Waals surface area contributed by atoms with Gasteiger partial charge in [-0.05, 0) is 37.1 Å². The predicted octanol–water partition coefficient (Wildman–Crippen LogP) is 1.13. The number of carbonyl (C=O) groups is 1. The first kappa shape index (κ1) is 22.1. The van der Waals surface area contributed by atoms with Crippen molar-refractivity contribution in [2.24, 2.45) is 0 Å². The lowest BCUT2D eigenvalue weighted by Crippen LogP contribution is -2.41. The van der Waals surface area contributed by atoms with E-state index in [-0.39, 0.29) is 23.2 Å². The van der Waals surface area contributed by atoms with E-state index in [0.717, 1.165) is 25.1 Å². The van der Waals surface area contributed by atoms with Gasteiger partial charge in [0.25, 0.3) is 5.91 Å². The fourth-order valence-electron chi connectivity index (χ4n) is 3.38. The smallest absolute Gasteiger partial charge is 0.253 e. The number of nitrogens with one attached hydrogen (secondary N) is 1. The quantitative estimate of drug-likeness (QED) is 0.794. The number of morpholine rings is 1. The van der Waals surface area contributed by atoms with E-state index in [4.69, 9.17) is 4.74 Å². The van der Waals surface area contributed by atoms with Crippen LogP contribution in [0.1, 0.15) is 29.3 Å². The Bertz CT molecular complexity index is 743. The SMILES string of the molecule is CCc1ccc(C(=O)N2CCCNCC2)cc1S(=O)(=O)N1CCOCC1.Cl. The highest BCUT2D eigenvalue weighted by Gasteiger charge is 2.29. The summed E-state index contributed by atoms with van der Waals surface area (Å²) >= 11 is 0. The van der Waals surface area contributed by atoms with Gasteiger partial charge in [-0.15, -0.1) is 12.4 Å². The lowest BCUT2D eigenvalue weighted by Gasteiger charge is -2.27. The molecule has 9 heteroatoms. The predicted molar refractivity (Wildman–Crippen MR) is 106 cm³/mol. The molecule has 1 aromatic rings. The summed E-state index contributed by atoms with van der Waals surface area (Å²) in [7, 11) is -3.63. The van der Waals surface area contributed by atoms with Crippen molar-refractivity contribution < 1.29 is 17.9 Å².